The third-order valence-electron chi connectivity index (χ3n) is 0. The van der Waals surface area contributed by atoms with E-state index in [1.54, 1.807) is 0 Å². The number of rotatable bonds is 0. The first-order chi connectivity index (χ1) is 0. The first-order valence-corrected chi connectivity index (χ1v) is 0. The molecule has 0 fully saturated rings. The van der Waals surface area contributed by atoms with E-state index in [0.29, 0.717) is 0 Å². The van der Waals surface area contributed by atoms with E-state index in [4.69, 9.17) is 0 Å². The Morgan fingerprint density at radius 3 is 0.750 bits per heavy atom. The summed E-state index contributed by atoms with van der Waals surface area (Å²) >= 11 is 0. The molecule has 0 spiro atoms. The van der Waals surface area contributed by atoms with Crippen molar-refractivity contribution in [3.63, 3.8) is 0 Å². The van der Waals surface area contributed by atoms with Crippen molar-refractivity contribution in [3.05, 3.63) is 0 Å². The summed E-state index contributed by atoms with van der Waals surface area (Å²) in [6, 6.07) is 0. The van der Waals surface area contributed by atoms with Gasteiger partial charge in [0.1, 0.15) is 0 Å². The number of hydrogen-bond donors (Lipinski definition) is 0. The third-order valence-corrected chi connectivity index (χ3v) is 0. The summed E-state index contributed by atoms with van der Waals surface area (Å²) in [5.41, 5.74) is 0. The van der Waals surface area contributed by atoms with Crippen LogP contribution in [0.2, 0.25) is 0 Å². The van der Waals surface area contributed by atoms with Gasteiger partial charge in [-0.3, -0.25) is 0 Å². The van der Waals surface area contributed by atoms with E-state index in [1.807, 2.05) is 0 Å². The molecule has 0 aliphatic heterocycles. The van der Waals surface area contributed by atoms with Crippen LogP contribution in [0.15, 0.2) is 0 Å². The second-order valence-corrected chi connectivity index (χ2v) is 0. The molecule has 0 radical (unpaired) electrons. The van der Waals surface area contributed by atoms with Crippen LogP contribution < -0.4 is 39.0 Å². The van der Waals surface area contributed by atoms with E-state index in [9.17, 15) is 0 Å². The fraction of sp³-hybridized carbons (Fsp3) is 0. The van der Waals surface area contributed by atoms with Crippen molar-refractivity contribution < 1.29 is 39.0 Å². The zero-order valence-corrected chi connectivity index (χ0v) is 8.90. The molecule has 0 aliphatic carbocycles. The predicted molar refractivity (Wildman–Crippen MR) is 5.75 cm³/mol. The van der Waals surface area contributed by atoms with Gasteiger partial charge < -0.3 is 9.41 Å². The fourth-order valence-corrected chi connectivity index (χ4v) is 0. The molecule has 0 saturated heterocycles. The SMILES string of the molecule is [Ba+2].[F-].[F-].[Na+]. The summed E-state index contributed by atoms with van der Waals surface area (Å²) in [4.78, 5) is 0. The van der Waals surface area contributed by atoms with Crippen LogP contribution in [0.1, 0.15) is 0 Å². The Kier molecular flexibility index (Phi) is 145. The summed E-state index contributed by atoms with van der Waals surface area (Å²) in [6.07, 6.45) is 0. The topological polar surface area (TPSA) is 0 Å². The molecule has 0 aromatic rings. The van der Waals surface area contributed by atoms with Crippen LogP contribution in [0.5, 0.6) is 0 Å². The van der Waals surface area contributed by atoms with E-state index >= 15 is 0 Å². The maximum absolute atomic E-state index is 0. The van der Waals surface area contributed by atoms with Gasteiger partial charge in [0.05, 0.1) is 0 Å². The molecule has 4 heteroatoms. The van der Waals surface area contributed by atoms with Crippen molar-refractivity contribution in [2.24, 2.45) is 0 Å². The Labute approximate surface area is 85.8 Å². The average Bonchev–Trinajstić information content (AvgIpc) is 0. The van der Waals surface area contributed by atoms with Crippen LogP contribution in [0, 0.1) is 0 Å². The van der Waals surface area contributed by atoms with E-state index in [-0.39, 0.29) is 87.8 Å². The van der Waals surface area contributed by atoms with Gasteiger partial charge in [-0.05, 0) is 0 Å². The van der Waals surface area contributed by atoms with E-state index in [1.165, 1.54) is 0 Å². The average molecular weight is 198 g/mol. The molecule has 4 heavy (non-hydrogen) atoms. The summed E-state index contributed by atoms with van der Waals surface area (Å²) < 4.78 is 0. The van der Waals surface area contributed by atoms with E-state index in [2.05, 4.69) is 0 Å². The largest absolute Gasteiger partial charge is 2.00 e. The molecule has 0 rings (SSSR count). The molecule has 0 saturated carbocycles. The molecule has 0 atom stereocenters. The minimum atomic E-state index is 0. The molecule has 0 aromatic carbocycles. The Bertz CT molecular complexity index is 6.00. The molecule has 0 N–H and O–H groups in total. The van der Waals surface area contributed by atoms with Crippen LogP contribution in [0.3, 0.4) is 0 Å². The summed E-state index contributed by atoms with van der Waals surface area (Å²) in [5.74, 6) is 0. The maximum atomic E-state index is 0. The predicted octanol–water partition coefficient (Wildman–Crippen LogP) is -9.37. The van der Waals surface area contributed by atoms with Gasteiger partial charge in [-0.1, -0.05) is 0 Å². The molecule has 0 heterocycles. The maximum Gasteiger partial charge on any atom is 2.00 e. The van der Waals surface area contributed by atoms with Crippen LogP contribution >= 0.6 is 0 Å². The van der Waals surface area contributed by atoms with Crippen molar-refractivity contribution in [1.82, 2.24) is 0 Å². The van der Waals surface area contributed by atoms with Crippen molar-refractivity contribution in [2.45, 2.75) is 0 Å². The zero-order chi connectivity index (χ0) is 0. The summed E-state index contributed by atoms with van der Waals surface area (Å²) in [5, 5.41) is 0. The fourth-order valence-electron chi connectivity index (χ4n) is 0. The van der Waals surface area contributed by atoms with Crippen molar-refractivity contribution in [2.75, 3.05) is 0 Å². The monoisotopic (exact) mass is 199 g/mol. The molecular weight excluding hydrogens is 198 g/mol. The van der Waals surface area contributed by atoms with Crippen LogP contribution in [-0.4, -0.2) is 48.9 Å². The van der Waals surface area contributed by atoms with Gasteiger partial charge in [-0.2, -0.15) is 0 Å². The molecule has 0 bridgehead atoms. The van der Waals surface area contributed by atoms with Gasteiger partial charge in [-0.15, -0.1) is 0 Å². The van der Waals surface area contributed by atoms with Gasteiger partial charge in [0.25, 0.3) is 0 Å². The van der Waals surface area contributed by atoms with Crippen molar-refractivity contribution in [3.8, 4) is 0 Å². The van der Waals surface area contributed by atoms with E-state index < -0.39 is 0 Å². The van der Waals surface area contributed by atoms with Gasteiger partial charge in [0.15, 0.2) is 0 Å². The van der Waals surface area contributed by atoms with Crippen molar-refractivity contribution in [1.29, 1.82) is 0 Å². The minimum absolute atomic E-state index is 0. The van der Waals surface area contributed by atoms with Gasteiger partial charge in [0, 0.05) is 0 Å². The smallest absolute Gasteiger partial charge is 1.00 e. The summed E-state index contributed by atoms with van der Waals surface area (Å²) in [7, 11) is 0. The molecule has 16 valence electrons. The molecular formula is BaF2Na+. The Hall–Kier alpha value is 2.43. The van der Waals surface area contributed by atoms with Gasteiger partial charge >= 0.3 is 78.4 Å². The first kappa shape index (κ1) is 32.1. The Morgan fingerprint density at radius 1 is 0.750 bits per heavy atom. The molecule has 0 aromatic heterocycles. The van der Waals surface area contributed by atoms with Crippen LogP contribution in [0.4, 0.5) is 0 Å². The molecule has 0 amide bonds. The second kappa shape index (κ2) is 18.0. The quantitative estimate of drug-likeness (QED) is 0.339. The molecule has 0 nitrogen and oxygen atoms in total. The zero-order valence-electron chi connectivity index (χ0n) is 2.46. The summed E-state index contributed by atoms with van der Waals surface area (Å²) in [6.45, 7) is 0. The minimum Gasteiger partial charge on any atom is -1.00 e. The normalized spacial score (nSPS) is 0. The second-order valence-electron chi connectivity index (χ2n) is 0. The van der Waals surface area contributed by atoms with Crippen LogP contribution in [0.25, 0.3) is 0 Å². The number of hydrogen-bond acceptors (Lipinski definition) is 0. The van der Waals surface area contributed by atoms with Crippen molar-refractivity contribution >= 4 is 48.9 Å². The Morgan fingerprint density at radius 2 is 0.750 bits per heavy atom. The standard InChI is InChI=1S/Ba.2FH.Na/h;2*1H;/q+2;;;+1/p-2. The number of halogens is 2. The van der Waals surface area contributed by atoms with E-state index in [0.717, 1.165) is 0 Å². The molecule has 0 unspecified atom stereocenters. The third kappa shape index (κ3) is 8.83. The van der Waals surface area contributed by atoms with Gasteiger partial charge in [-0.25, -0.2) is 0 Å². The van der Waals surface area contributed by atoms with Crippen LogP contribution in [-0.2, 0) is 0 Å². The van der Waals surface area contributed by atoms with Gasteiger partial charge in [0.2, 0.25) is 0 Å². The first-order valence-electron chi connectivity index (χ1n) is 0. The Balaban J connectivity index is 0. The molecule has 0 aliphatic rings.